The van der Waals surface area contributed by atoms with E-state index in [-0.39, 0.29) is 12.1 Å². The van der Waals surface area contributed by atoms with Crippen LogP contribution in [0.2, 0.25) is 0 Å². The van der Waals surface area contributed by atoms with Crippen LogP contribution < -0.4 is 0 Å². The molecule has 1 unspecified atom stereocenters. The molecule has 86 valence electrons. The number of ether oxygens (including phenoxy) is 1. The molecular formula is C14H18O2. The summed E-state index contributed by atoms with van der Waals surface area (Å²) in [5.74, 6) is 0.570. The second-order valence-electron chi connectivity index (χ2n) is 4.45. The van der Waals surface area contributed by atoms with Crippen molar-refractivity contribution >= 4 is 5.97 Å². The van der Waals surface area contributed by atoms with Crippen molar-refractivity contribution in [3.63, 3.8) is 0 Å². The molecule has 0 aliphatic heterocycles. The Kier molecular flexibility index (Phi) is 3.28. The highest BCUT2D eigenvalue weighted by atomic mass is 16.5. The molecule has 0 amide bonds. The molecule has 1 aliphatic carbocycles. The van der Waals surface area contributed by atoms with Crippen LogP contribution in [0.5, 0.6) is 0 Å². The van der Waals surface area contributed by atoms with Crippen molar-refractivity contribution in [3.8, 4) is 0 Å². The van der Waals surface area contributed by atoms with Crippen molar-refractivity contribution in [1.29, 1.82) is 0 Å². The van der Waals surface area contributed by atoms with Gasteiger partial charge in [0.25, 0.3) is 0 Å². The van der Waals surface area contributed by atoms with Gasteiger partial charge in [0.1, 0.15) is 6.10 Å². The van der Waals surface area contributed by atoms with Gasteiger partial charge in [-0.25, -0.2) is 0 Å². The van der Waals surface area contributed by atoms with E-state index >= 15 is 0 Å². The van der Waals surface area contributed by atoms with Crippen molar-refractivity contribution in [2.75, 3.05) is 0 Å². The van der Waals surface area contributed by atoms with Gasteiger partial charge in [-0.2, -0.15) is 0 Å². The van der Waals surface area contributed by atoms with Crippen LogP contribution in [0.15, 0.2) is 24.3 Å². The van der Waals surface area contributed by atoms with E-state index in [0.717, 1.165) is 17.9 Å². The Labute approximate surface area is 96.6 Å². The molecular weight excluding hydrogens is 200 g/mol. The maximum absolute atomic E-state index is 10.9. The largest absolute Gasteiger partial charge is 0.458 e. The van der Waals surface area contributed by atoms with Gasteiger partial charge in [-0.3, -0.25) is 4.79 Å². The van der Waals surface area contributed by atoms with Crippen LogP contribution in [0.1, 0.15) is 56.3 Å². The minimum absolute atomic E-state index is 0.0919. The van der Waals surface area contributed by atoms with Crippen molar-refractivity contribution < 1.29 is 9.53 Å². The summed E-state index contributed by atoms with van der Waals surface area (Å²) >= 11 is 0. The van der Waals surface area contributed by atoms with Gasteiger partial charge in [0.15, 0.2) is 0 Å². The number of hydrogen-bond donors (Lipinski definition) is 0. The van der Waals surface area contributed by atoms with Gasteiger partial charge in [-0.15, -0.1) is 0 Å². The van der Waals surface area contributed by atoms with Crippen molar-refractivity contribution in [1.82, 2.24) is 0 Å². The smallest absolute Gasteiger partial charge is 0.303 e. The Morgan fingerprint density at radius 1 is 1.38 bits per heavy atom. The molecule has 0 bridgehead atoms. The molecule has 0 N–H and O–H groups in total. The summed E-state index contributed by atoms with van der Waals surface area (Å²) < 4.78 is 5.26. The molecule has 0 saturated heterocycles. The van der Waals surface area contributed by atoms with Gasteiger partial charge < -0.3 is 4.74 Å². The Bertz CT molecular complexity index is 363. The topological polar surface area (TPSA) is 26.3 Å². The van der Waals surface area contributed by atoms with Crippen LogP contribution in [0.3, 0.4) is 0 Å². The molecule has 0 spiro atoms. The first-order chi connectivity index (χ1) is 7.70. The summed E-state index contributed by atoms with van der Waals surface area (Å²) in [4.78, 5) is 10.9. The van der Waals surface area contributed by atoms with Crippen LogP contribution in [0, 0.1) is 0 Å². The summed E-state index contributed by atoms with van der Waals surface area (Å²) in [6.45, 7) is 3.49. The quantitative estimate of drug-likeness (QED) is 0.722. The standard InChI is InChI=1S/C14H18O2/c1-3-14(16-10(2)15)13-8-6-12(7-9-13)11-4-5-11/h6-9,11,14H,3-5H2,1-2H3. The number of carbonyl (C=O) groups is 1. The predicted molar refractivity (Wildman–Crippen MR) is 63.2 cm³/mol. The van der Waals surface area contributed by atoms with Crippen molar-refractivity contribution in [3.05, 3.63) is 35.4 Å². The van der Waals surface area contributed by atoms with E-state index in [1.165, 1.54) is 25.3 Å². The fourth-order valence-corrected chi connectivity index (χ4v) is 1.99. The predicted octanol–water partition coefficient (Wildman–Crippen LogP) is 3.58. The second kappa shape index (κ2) is 4.69. The zero-order chi connectivity index (χ0) is 11.5. The fraction of sp³-hybridized carbons (Fsp3) is 0.500. The molecule has 1 fully saturated rings. The third-order valence-corrected chi connectivity index (χ3v) is 3.04. The first-order valence-corrected chi connectivity index (χ1v) is 5.97. The Morgan fingerprint density at radius 2 is 2.00 bits per heavy atom. The molecule has 2 heteroatoms. The van der Waals surface area contributed by atoms with Crippen molar-refractivity contribution in [2.45, 2.75) is 45.1 Å². The van der Waals surface area contributed by atoms with E-state index in [0.29, 0.717) is 0 Å². The first-order valence-electron chi connectivity index (χ1n) is 5.97. The molecule has 1 saturated carbocycles. The lowest BCUT2D eigenvalue weighted by molar-refractivity contribution is -0.146. The van der Waals surface area contributed by atoms with Crippen LogP contribution in [-0.2, 0) is 9.53 Å². The normalized spacial score (nSPS) is 16.9. The van der Waals surface area contributed by atoms with Gasteiger partial charge in [-0.1, -0.05) is 31.2 Å². The van der Waals surface area contributed by atoms with Gasteiger partial charge >= 0.3 is 5.97 Å². The molecule has 0 radical (unpaired) electrons. The van der Waals surface area contributed by atoms with Crippen molar-refractivity contribution in [2.24, 2.45) is 0 Å². The van der Waals surface area contributed by atoms with Crippen LogP contribution in [0.4, 0.5) is 0 Å². The number of rotatable bonds is 4. The van der Waals surface area contributed by atoms with Crippen LogP contribution >= 0.6 is 0 Å². The van der Waals surface area contributed by atoms with Crippen LogP contribution in [0.25, 0.3) is 0 Å². The number of carbonyl (C=O) groups excluding carboxylic acids is 1. The lowest BCUT2D eigenvalue weighted by Gasteiger charge is -2.15. The van der Waals surface area contributed by atoms with Crippen LogP contribution in [-0.4, -0.2) is 5.97 Å². The van der Waals surface area contributed by atoms with E-state index < -0.39 is 0 Å². The summed E-state index contributed by atoms with van der Waals surface area (Å²) in [6, 6.07) is 8.51. The maximum atomic E-state index is 10.9. The SMILES string of the molecule is CCC(OC(C)=O)c1ccc(C2CC2)cc1. The van der Waals surface area contributed by atoms with E-state index in [9.17, 15) is 4.79 Å². The highest BCUT2D eigenvalue weighted by Gasteiger charge is 2.23. The second-order valence-corrected chi connectivity index (χ2v) is 4.45. The fourth-order valence-electron chi connectivity index (χ4n) is 1.99. The number of benzene rings is 1. The van der Waals surface area contributed by atoms with E-state index in [1.807, 2.05) is 6.92 Å². The zero-order valence-electron chi connectivity index (χ0n) is 9.90. The third kappa shape index (κ3) is 2.63. The van der Waals surface area contributed by atoms with Gasteiger partial charge in [0, 0.05) is 6.92 Å². The molecule has 16 heavy (non-hydrogen) atoms. The minimum Gasteiger partial charge on any atom is -0.458 e. The first kappa shape index (κ1) is 11.2. The average molecular weight is 218 g/mol. The highest BCUT2D eigenvalue weighted by Crippen LogP contribution is 2.40. The summed E-state index contributed by atoms with van der Waals surface area (Å²) in [7, 11) is 0. The molecule has 1 aromatic carbocycles. The molecule has 1 atom stereocenters. The van der Waals surface area contributed by atoms with Gasteiger partial charge in [0.2, 0.25) is 0 Å². The van der Waals surface area contributed by atoms with Gasteiger partial charge in [0.05, 0.1) is 0 Å². The van der Waals surface area contributed by atoms with E-state index in [4.69, 9.17) is 4.74 Å². The Morgan fingerprint density at radius 3 is 2.44 bits per heavy atom. The zero-order valence-corrected chi connectivity index (χ0v) is 9.90. The summed E-state index contributed by atoms with van der Waals surface area (Å²) in [6.07, 6.45) is 3.37. The lowest BCUT2D eigenvalue weighted by atomic mass is 10.0. The molecule has 1 aliphatic rings. The summed E-state index contributed by atoms with van der Waals surface area (Å²) in [5.41, 5.74) is 2.52. The summed E-state index contributed by atoms with van der Waals surface area (Å²) in [5, 5.41) is 0. The molecule has 1 aromatic rings. The van der Waals surface area contributed by atoms with E-state index in [1.54, 1.807) is 0 Å². The minimum atomic E-state index is -0.210. The molecule has 0 heterocycles. The monoisotopic (exact) mass is 218 g/mol. The maximum Gasteiger partial charge on any atom is 0.303 e. The van der Waals surface area contributed by atoms with E-state index in [2.05, 4.69) is 24.3 Å². The number of hydrogen-bond acceptors (Lipinski definition) is 2. The highest BCUT2D eigenvalue weighted by molar-refractivity contribution is 5.66. The lowest BCUT2D eigenvalue weighted by Crippen LogP contribution is -2.07. The van der Waals surface area contributed by atoms with Gasteiger partial charge in [-0.05, 0) is 36.3 Å². The number of esters is 1. The Balaban J connectivity index is 2.08. The average Bonchev–Trinajstić information content (AvgIpc) is 3.10. The molecule has 0 aromatic heterocycles. The Hall–Kier alpha value is -1.31. The molecule has 2 nitrogen and oxygen atoms in total. The molecule has 2 rings (SSSR count). The third-order valence-electron chi connectivity index (χ3n) is 3.04.